The number of fused-ring (bicyclic) bond motifs is 2. The molecule has 2 aromatic rings. The number of nitrogens with zero attached hydrogens (tertiary/aromatic N) is 2. The van der Waals surface area contributed by atoms with E-state index in [1.807, 2.05) is 28.5 Å². The van der Waals surface area contributed by atoms with Crippen molar-refractivity contribution < 1.29 is 9.59 Å². The van der Waals surface area contributed by atoms with Crippen molar-refractivity contribution in [3.05, 3.63) is 63.9 Å². The van der Waals surface area contributed by atoms with Gasteiger partial charge in [-0.05, 0) is 60.8 Å². The smallest absolute Gasteiger partial charge is 0.246 e. The highest BCUT2D eigenvalue weighted by molar-refractivity contribution is 7.10. The van der Waals surface area contributed by atoms with Crippen LogP contribution in [0, 0.1) is 0 Å². The van der Waals surface area contributed by atoms with Crippen LogP contribution in [0.3, 0.4) is 0 Å². The molecule has 1 unspecified atom stereocenters. The molecule has 5 rings (SSSR count). The largest absolute Gasteiger partial charge is 0.342 e. The summed E-state index contributed by atoms with van der Waals surface area (Å²) >= 11 is 1.64. The molecular formula is C25H28N2O2S. The van der Waals surface area contributed by atoms with Crippen LogP contribution in [-0.4, -0.2) is 47.8 Å². The van der Waals surface area contributed by atoms with Crippen molar-refractivity contribution in [3.8, 4) is 0 Å². The van der Waals surface area contributed by atoms with Gasteiger partial charge in [0, 0.05) is 42.5 Å². The van der Waals surface area contributed by atoms with Crippen LogP contribution in [0.1, 0.15) is 54.0 Å². The van der Waals surface area contributed by atoms with Crippen molar-refractivity contribution in [2.75, 3.05) is 26.2 Å². The number of piperidine rings is 1. The molecule has 2 amide bonds. The average molecular weight is 421 g/mol. The summed E-state index contributed by atoms with van der Waals surface area (Å²) in [6.07, 6.45) is 8.63. The molecule has 1 aromatic carbocycles. The lowest BCUT2D eigenvalue weighted by molar-refractivity contribution is -0.132. The molecule has 0 bridgehead atoms. The second kappa shape index (κ2) is 8.03. The van der Waals surface area contributed by atoms with Crippen LogP contribution in [0.25, 0.3) is 6.08 Å². The number of hydrogen-bond acceptors (Lipinski definition) is 3. The number of benzene rings is 1. The molecule has 4 nitrogen and oxygen atoms in total. The molecular weight excluding hydrogens is 392 g/mol. The number of carbonyl (C=O) groups is 2. The minimum Gasteiger partial charge on any atom is -0.342 e. The SMILES string of the molecule is O=C(/C=C/c1cccs1)N1CCC2(CC1)CC(C(=O)N1CCCC1)c1ccccc12. The first-order valence-electron chi connectivity index (χ1n) is 11.0. The number of carbonyl (C=O) groups excluding carboxylic acids is 2. The first-order chi connectivity index (χ1) is 14.7. The molecule has 1 aliphatic carbocycles. The van der Waals surface area contributed by atoms with E-state index in [9.17, 15) is 9.59 Å². The van der Waals surface area contributed by atoms with Crippen molar-refractivity contribution in [3.63, 3.8) is 0 Å². The van der Waals surface area contributed by atoms with E-state index in [1.54, 1.807) is 17.4 Å². The van der Waals surface area contributed by atoms with Crippen molar-refractivity contribution in [1.29, 1.82) is 0 Å². The highest BCUT2D eigenvalue weighted by Crippen LogP contribution is 2.52. The molecule has 1 atom stereocenters. The van der Waals surface area contributed by atoms with Crippen LogP contribution in [0.5, 0.6) is 0 Å². The summed E-state index contributed by atoms with van der Waals surface area (Å²) in [5.74, 6) is 0.392. The number of rotatable bonds is 3. The lowest BCUT2D eigenvalue weighted by Crippen LogP contribution is -2.44. The first kappa shape index (κ1) is 19.6. The minimum atomic E-state index is -0.0136. The summed E-state index contributed by atoms with van der Waals surface area (Å²) in [5.41, 5.74) is 2.61. The predicted octanol–water partition coefficient (Wildman–Crippen LogP) is 4.43. The zero-order valence-corrected chi connectivity index (χ0v) is 18.1. The quantitative estimate of drug-likeness (QED) is 0.689. The predicted molar refractivity (Wildman–Crippen MR) is 120 cm³/mol. The molecule has 0 saturated carbocycles. The molecule has 5 heteroatoms. The summed E-state index contributed by atoms with van der Waals surface area (Å²) in [4.78, 5) is 31.1. The Bertz CT molecular complexity index is 951. The summed E-state index contributed by atoms with van der Waals surface area (Å²) < 4.78 is 0. The third kappa shape index (κ3) is 3.49. The number of likely N-dealkylation sites (tertiary alicyclic amines) is 2. The molecule has 2 fully saturated rings. The highest BCUT2D eigenvalue weighted by Gasteiger charge is 2.48. The van der Waals surface area contributed by atoms with Gasteiger partial charge in [-0.2, -0.15) is 0 Å². The lowest BCUT2D eigenvalue weighted by Gasteiger charge is -2.40. The van der Waals surface area contributed by atoms with Gasteiger partial charge in [0.15, 0.2) is 0 Å². The Morgan fingerprint density at radius 2 is 1.73 bits per heavy atom. The van der Waals surface area contributed by atoms with Crippen LogP contribution in [-0.2, 0) is 15.0 Å². The van der Waals surface area contributed by atoms with Crippen molar-refractivity contribution in [2.45, 2.75) is 43.4 Å². The standard InChI is InChI=1S/C25H28N2O2S/c28-23(10-9-19-6-5-17-30-19)26-15-11-25(12-16-26)18-21(20-7-1-2-8-22(20)25)24(29)27-13-3-4-14-27/h1-2,5-10,17,21H,3-4,11-16,18H2/b10-9+. The van der Waals surface area contributed by atoms with E-state index >= 15 is 0 Å². The Hall–Kier alpha value is -2.40. The Balaban J connectivity index is 1.31. The molecule has 156 valence electrons. The van der Waals surface area contributed by atoms with Gasteiger partial charge in [0.2, 0.25) is 11.8 Å². The van der Waals surface area contributed by atoms with E-state index in [2.05, 4.69) is 29.2 Å². The van der Waals surface area contributed by atoms with Gasteiger partial charge in [-0.1, -0.05) is 30.3 Å². The Labute approximate surface area is 182 Å². The fourth-order valence-corrected chi connectivity index (χ4v) is 6.16. The summed E-state index contributed by atoms with van der Waals surface area (Å²) in [5, 5.41) is 2.02. The fraction of sp³-hybridized carbons (Fsp3) is 0.440. The van der Waals surface area contributed by atoms with Gasteiger partial charge in [-0.25, -0.2) is 0 Å². The van der Waals surface area contributed by atoms with Crippen LogP contribution >= 0.6 is 11.3 Å². The van der Waals surface area contributed by atoms with E-state index in [-0.39, 0.29) is 17.2 Å². The molecule has 2 aliphatic heterocycles. The minimum absolute atomic E-state index is 0.0136. The molecule has 0 N–H and O–H groups in total. The molecule has 1 spiro atoms. The van der Waals surface area contributed by atoms with Gasteiger partial charge in [0.25, 0.3) is 0 Å². The third-order valence-electron chi connectivity index (χ3n) is 7.18. The second-order valence-corrected chi connectivity index (χ2v) is 9.81. The van der Waals surface area contributed by atoms with Gasteiger partial charge in [-0.3, -0.25) is 9.59 Å². The van der Waals surface area contributed by atoms with Crippen LogP contribution in [0.2, 0.25) is 0 Å². The number of amides is 2. The van der Waals surface area contributed by atoms with Gasteiger partial charge < -0.3 is 9.80 Å². The lowest BCUT2D eigenvalue weighted by atomic mass is 9.73. The molecule has 3 aliphatic rings. The molecule has 1 aromatic heterocycles. The molecule has 0 radical (unpaired) electrons. The average Bonchev–Trinajstić information content (AvgIpc) is 3.54. The Kier molecular flexibility index (Phi) is 5.23. The third-order valence-corrected chi connectivity index (χ3v) is 8.02. The Morgan fingerprint density at radius 3 is 2.47 bits per heavy atom. The summed E-state index contributed by atoms with van der Waals surface area (Å²) in [6, 6.07) is 12.6. The van der Waals surface area contributed by atoms with E-state index in [1.165, 1.54) is 11.1 Å². The van der Waals surface area contributed by atoms with Gasteiger partial charge in [0.05, 0.1) is 5.92 Å². The fourth-order valence-electron chi connectivity index (χ4n) is 5.55. The summed E-state index contributed by atoms with van der Waals surface area (Å²) in [6.45, 7) is 3.33. The first-order valence-corrected chi connectivity index (χ1v) is 11.9. The normalized spacial score (nSPS) is 22.7. The van der Waals surface area contributed by atoms with Crippen LogP contribution < -0.4 is 0 Å². The highest BCUT2D eigenvalue weighted by atomic mass is 32.1. The molecule has 3 heterocycles. The van der Waals surface area contributed by atoms with E-state index in [4.69, 9.17) is 0 Å². The summed E-state index contributed by atoms with van der Waals surface area (Å²) in [7, 11) is 0. The van der Waals surface area contributed by atoms with Crippen molar-refractivity contribution in [2.24, 2.45) is 0 Å². The maximum atomic E-state index is 13.3. The van der Waals surface area contributed by atoms with Gasteiger partial charge in [0.1, 0.15) is 0 Å². The zero-order chi connectivity index (χ0) is 20.6. The van der Waals surface area contributed by atoms with E-state index in [0.717, 1.165) is 63.2 Å². The van der Waals surface area contributed by atoms with Crippen LogP contribution in [0.15, 0.2) is 47.9 Å². The van der Waals surface area contributed by atoms with Crippen molar-refractivity contribution in [1.82, 2.24) is 9.80 Å². The topological polar surface area (TPSA) is 40.6 Å². The van der Waals surface area contributed by atoms with Crippen LogP contribution in [0.4, 0.5) is 0 Å². The number of hydrogen-bond donors (Lipinski definition) is 0. The van der Waals surface area contributed by atoms with E-state index in [0.29, 0.717) is 5.91 Å². The van der Waals surface area contributed by atoms with Gasteiger partial charge in [-0.15, -0.1) is 11.3 Å². The molecule has 2 saturated heterocycles. The Morgan fingerprint density at radius 1 is 0.967 bits per heavy atom. The maximum Gasteiger partial charge on any atom is 0.246 e. The number of thiophene rings is 1. The maximum absolute atomic E-state index is 13.3. The monoisotopic (exact) mass is 420 g/mol. The molecule has 30 heavy (non-hydrogen) atoms. The zero-order valence-electron chi connectivity index (χ0n) is 17.3. The second-order valence-electron chi connectivity index (χ2n) is 8.83. The van der Waals surface area contributed by atoms with E-state index < -0.39 is 0 Å². The van der Waals surface area contributed by atoms with Gasteiger partial charge >= 0.3 is 0 Å². The van der Waals surface area contributed by atoms with Crippen molar-refractivity contribution >= 4 is 29.2 Å².